The number of nitrogens with zero attached hydrogens (tertiary/aromatic N) is 2. The zero-order chi connectivity index (χ0) is 11.0. The second-order valence-electron chi connectivity index (χ2n) is 2.96. The van der Waals surface area contributed by atoms with Crippen molar-refractivity contribution in [2.75, 3.05) is 0 Å². The first-order valence-corrected chi connectivity index (χ1v) is 5.15. The van der Waals surface area contributed by atoms with E-state index >= 15 is 0 Å². The van der Waals surface area contributed by atoms with Gasteiger partial charge < -0.3 is 0 Å². The van der Waals surface area contributed by atoms with Crippen LogP contribution in [0.1, 0.15) is 5.56 Å². The molecule has 6 heteroatoms. The van der Waals surface area contributed by atoms with E-state index in [1.165, 1.54) is 19.1 Å². The van der Waals surface area contributed by atoms with Crippen LogP contribution in [0.15, 0.2) is 12.1 Å². The molecule has 0 amide bonds. The Bertz CT molecular complexity index is 513. The van der Waals surface area contributed by atoms with Crippen molar-refractivity contribution in [2.45, 2.75) is 6.92 Å². The van der Waals surface area contributed by atoms with E-state index in [-0.39, 0.29) is 22.0 Å². The SMILES string of the molecule is Cc1ccc(-c2nsnc2Cl)c(F)c1F. The van der Waals surface area contributed by atoms with Crippen molar-refractivity contribution in [1.29, 1.82) is 0 Å². The molecule has 2 aromatic rings. The zero-order valence-corrected chi connectivity index (χ0v) is 9.16. The van der Waals surface area contributed by atoms with Crippen molar-refractivity contribution in [1.82, 2.24) is 8.75 Å². The van der Waals surface area contributed by atoms with Gasteiger partial charge in [0.2, 0.25) is 0 Å². The number of halogens is 3. The smallest absolute Gasteiger partial charge is 0.170 e. The van der Waals surface area contributed by atoms with Gasteiger partial charge in [-0.1, -0.05) is 17.7 Å². The second kappa shape index (κ2) is 3.83. The van der Waals surface area contributed by atoms with E-state index in [0.29, 0.717) is 0 Å². The third kappa shape index (κ3) is 1.72. The highest BCUT2D eigenvalue weighted by molar-refractivity contribution is 6.99. The second-order valence-corrected chi connectivity index (χ2v) is 3.85. The van der Waals surface area contributed by atoms with E-state index in [2.05, 4.69) is 8.75 Å². The normalized spacial score (nSPS) is 10.7. The quantitative estimate of drug-likeness (QED) is 0.770. The number of hydrogen-bond acceptors (Lipinski definition) is 3. The molecular weight excluding hydrogens is 242 g/mol. The number of hydrogen-bond donors (Lipinski definition) is 0. The lowest BCUT2D eigenvalue weighted by Gasteiger charge is -2.02. The molecule has 0 radical (unpaired) electrons. The average Bonchev–Trinajstić information content (AvgIpc) is 2.62. The molecule has 1 aromatic carbocycles. The summed E-state index contributed by atoms with van der Waals surface area (Å²) >= 11 is 6.54. The van der Waals surface area contributed by atoms with Gasteiger partial charge in [0.1, 0.15) is 5.69 Å². The van der Waals surface area contributed by atoms with Crippen LogP contribution >= 0.6 is 23.3 Å². The fraction of sp³-hybridized carbons (Fsp3) is 0.111. The van der Waals surface area contributed by atoms with Crippen LogP contribution in [0.5, 0.6) is 0 Å². The third-order valence-corrected chi connectivity index (χ3v) is 2.87. The van der Waals surface area contributed by atoms with E-state index in [9.17, 15) is 8.78 Å². The minimum absolute atomic E-state index is 0.0388. The molecular formula is C9H5ClF2N2S. The summed E-state index contributed by atoms with van der Waals surface area (Å²) in [5.74, 6) is -1.82. The summed E-state index contributed by atoms with van der Waals surface area (Å²) < 4.78 is 34.3. The van der Waals surface area contributed by atoms with Crippen LogP contribution in [0, 0.1) is 18.6 Å². The van der Waals surface area contributed by atoms with Gasteiger partial charge in [-0.3, -0.25) is 0 Å². The van der Waals surface area contributed by atoms with Crippen LogP contribution in [0.2, 0.25) is 5.15 Å². The largest absolute Gasteiger partial charge is 0.203 e. The highest BCUT2D eigenvalue weighted by Crippen LogP contribution is 2.29. The summed E-state index contributed by atoms with van der Waals surface area (Å²) in [4.78, 5) is 0. The van der Waals surface area contributed by atoms with Crippen LogP contribution in [-0.2, 0) is 0 Å². The Labute approximate surface area is 93.8 Å². The van der Waals surface area contributed by atoms with Crippen LogP contribution in [0.4, 0.5) is 8.78 Å². The molecule has 0 bridgehead atoms. The first-order chi connectivity index (χ1) is 7.11. The topological polar surface area (TPSA) is 25.8 Å². The summed E-state index contributed by atoms with van der Waals surface area (Å²) in [6, 6.07) is 2.92. The summed E-state index contributed by atoms with van der Waals surface area (Å²) in [7, 11) is 0. The Morgan fingerprint density at radius 1 is 1.20 bits per heavy atom. The van der Waals surface area contributed by atoms with E-state index in [4.69, 9.17) is 11.6 Å². The minimum atomic E-state index is -0.940. The lowest BCUT2D eigenvalue weighted by Crippen LogP contribution is -1.93. The number of aromatic nitrogens is 2. The number of rotatable bonds is 1. The fourth-order valence-corrected chi connectivity index (χ4v) is 1.92. The third-order valence-electron chi connectivity index (χ3n) is 1.98. The highest BCUT2D eigenvalue weighted by atomic mass is 35.5. The molecule has 0 saturated carbocycles. The molecule has 0 aliphatic carbocycles. The molecule has 0 atom stereocenters. The Balaban J connectivity index is 2.65. The molecule has 0 N–H and O–H groups in total. The fourth-order valence-electron chi connectivity index (χ4n) is 1.17. The summed E-state index contributed by atoms with van der Waals surface area (Å²) in [6.07, 6.45) is 0. The van der Waals surface area contributed by atoms with Gasteiger partial charge in [0, 0.05) is 5.56 Å². The van der Waals surface area contributed by atoms with E-state index < -0.39 is 11.6 Å². The molecule has 0 fully saturated rings. The first-order valence-electron chi connectivity index (χ1n) is 4.04. The van der Waals surface area contributed by atoms with Crippen LogP contribution in [-0.4, -0.2) is 8.75 Å². The standard InChI is InChI=1S/C9H5ClF2N2S/c1-4-2-3-5(7(12)6(4)11)8-9(10)14-15-13-8/h2-3H,1H3. The Hall–Kier alpha value is -1.07. The van der Waals surface area contributed by atoms with Crippen LogP contribution in [0.25, 0.3) is 11.3 Å². The first kappa shape index (κ1) is 10.4. The Morgan fingerprint density at radius 2 is 1.93 bits per heavy atom. The van der Waals surface area contributed by atoms with Gasteiger partial charge in [0.25, 0.3) is 0 Å². The highest BCUT2D eigenvalue weighted by Gasteiger charge is 2.17. The molecule has 0 saturated heterocycles. The van der Waals surface area contributed by atoms with Gasteiger partial charge in [0.15, 0.2) is 16.8 Å². The van der Waals surface area contributed by atoms with Gasteiger partial charge in [-0.05, 0) is 18.6 Å². The molecule has 2 rings (SSSR count). The van der Waals surface area contributed by atoms with Gasteiger partial charge in [0.05, 0.1) is 11.7 Å². The van der Waals surface area contributed by atoms with Crippen LogP contribution in [0.3, 0.4) is 0 Å². The molecule has 0 aliphatic rings. The molecule has 0 unspecified atom stereocenters. The predicted octanol–water partition coefficient (Wildman–Crippen LogP) is 3.45. The maximum absolute atomic E-state index is 13.5. The maximum atomic E-state index is 13.5. The van der Waals surface area contributed by atoms with E-state index in [1.54, 1.807) is 0 Å². The molecule has 78 valence electrons. The monoisotopic (exact) mass is 246 g/mol. The van der Waals surface area contributed by atoms with Crippen molar-refractivity contribution in [3.8, 4) is 11.3 Å². The molecule has 2 nitrogen and oxygen atoms in total. The number of aryl methyl sites for hydroxylation is 1. The van der Waals surface area contributed by atoms with E-state index in [0.717, 1.165) is 11.7 Å². The lowest BCUT2D eigenvalue weighted by molar-refractivity contribution is 0.505. The number of benzene rings is 1. The summed E-state index contributed by atoms with van der Waals surface area (Å²) in [5, 5.41) is 0.0853. The van der Waals surface area contributed by atoms with Gasteiger partial charge in [-0.25, -0.2) is 8.78 Å². The molecule has 0 spiro atoms. The zero-order valence-electron chi connectivity index (χ0n) is 7.59. The maximum Gasteiger partial charge on any atom is 0.170 e. The van der Waals surface area contributed by atoms with Crippen molar-refractivity contribution in [2.24, 2.45) is 0 Å². The predicted molar refractivity (Wildman–Crippen MR) is 55.0 cm³/mol. The van der Waals surface area contributed by atoms with Gasteiger partial charge in [-0.2, -0.15) is 8.75 Å². The van der Waals surface area contributed by atoms with Crippen molar-refractivity contribution in [3.63, 3.8) is 0 Å². The van der Waals surface area contributed by atoms with Crippen molar-refractivity contribution in [3.05, 3.63) is 34.5 Å². The molecule has 0 aliphatic heterocycles. The average molecular weight is 247 g/mol. The van der Waals surface area contributed by atoms with Gasteiger partial charge >= 0.3 is 0 Å². The van der Waals surface area contributed by atoms with E-state index in [1.807, 2.05) is 0 Å². The minimum Gasteiger partial charge on any atom is -0.203 e. The van der Waals surface area contributed by atoms with Crippen molar-refractivity contribution < 1.29 is 8.78 Å². The van der Waals surface area contributed by atoms with Gasteiger partial charge in [-0.15, -0.1) is 0 Å². The Morgan fingerprint density at radius 3 is 2.53 bits per heavy atom. The lowest BCUT2D eigenvalue weighted by atomic mass is 10.1. The molecule has 1 heterocycles. The van der Waals surface area contributed by atoms with Crippen molar-refractivity contribution >= 4 is 23.3 Å². The summed E-state index contributed by atoms with van der Waals surface area (Å²) in [6.45, 7) is 1.49. The molecule has 15 heavy (non-hydrogen) atoms. The van der Waals surface area contributed by atoms with Crippen LogP contribution < -0.4 is 0 Å². The molecule has 1 aromatic heterocycles. The summed E-state index contributed by atoms with van der Waals surface area (Å²) in [5.41, 5.74) is 0.463. The Kier molecular flexibility index (Phi) is 2.67.